The molecule has 0 spiro atoms. The average Bonchev–Trinajstić information content (AvgIpc) is 2.40. The molecular formula is C12H20O7. The molecule has 0 aliphatic heterocycles. The number of hydrogen-bond acceptors (Lipinski definition) is 4. The van der Waals surface area contributed by atoms with Crippen molar-refractivity contribution in [3.8, 4) is 0 Å². The van der Waals surface area contributed by atoms with Gasteiger partial charge in [0.25, 0.3) is 0 Å². The van der Waals surface area contributed by atoms with Crippen molar-refractivity contribution in [1.82, 2.24) is 0 Å². The lowest BCUT2D eigenvalue weighted by Gasteiger charge is -1.76. The summed E-state index contributed by atoms with van der Waals surface area (Å²) in [7, 11) is 1.68. The molecule has 110 valence electrons. The third-order valence-corrected chi connectivity index (χ3v) is 0.813. The molecule has 0 bridgehead atoms. The lowest BCUT2D eigenvalue weighted by atomic mass is 10.7. The molecule has 0 rings (SSSR count). The van der Waals surface area contributed by atoms with E-state index in [0.29, 0.717) is 0 Å². The summed E-state index contributed by atoms with van der Waals surface area (Å²) in [4.78, 5) is 27.8. The maximum atomic E-state index is 9.25. The van der Waals surface area contributed by atoms with E-state index in [9.17, 15) is 14.4 Å². The minimum atomic E-state index is -0.981. The van der Waals surface area contributed by atoms with Crippen LogP contribution in [0, 0.1) is 0 Å². The molecule has 0 heterocycles. The Hall–Kier alpha value is -2.41. The van der Waals surface area contributed by atoms with Gasteiger partial charge in [-0.05, 0) is 6.92 Å². The van der Waals surface area contributed by atoms with E-state index in [4.69, 9.17) is 15.3 Å². The minimum absolute atomic E-state index is 0.819. The van der Waals surface area contributed by atoms with Crippen molar-refractivity contribution in [3.63, 3.8) is 0 Å². The van der Waals surface area contributed by atoms with Gasteiger partial charge in [0, 0.05) is 31.9 Å². The molecule has 0 aromatic heterocycles. The van der Waals surface area contributed by atoms with Crippen LogP contribution in [-0.2, 0) is 19.1 Å². The van der Waals surface area contributed by atoms with Gasteiger partial charge in [-0.3, -0.25) is 0 Å². The Kier molecular flexibility index (Phi) is 33.1. The van der Waals surface area contributed by atoms with Crippen molar-refractivity contribution in [2.45, 2.75) is 6.92 Å². The third kappa shape index (κ3) is 137. The van der Waals surface area contributed by atoms with E-state index >= 15 is 0 Å². The van der Waals surface area contributed by atoms with Crippen LogP contribution >= 0.6 is 0 Å². The zero-order valence-electron chi connectivity index (χ0n) is 11.0. The highest BCUT2D eigenvalue weighted by molar-refractivity contribution is 5.79. The van der Waals surface area contributed by atoms with Gasteiger partial charge in [0.2, 0.25) is 0 Å². The largest absolute Gasteiger partial charge is 0.478 e. The zero-order chi connectivity index (χ0) is 16.3. The van der Waals surface area contributed by atoms with Crippen molar-refractivity contribution >= 4 is 17.9 Å². The van der Waals surface area contributed by atoms with Crippen LogP contribution in [0.25, 0.3) is 0 Å². The summed E-state index contributed by atoms with van der Waals surface area (Å²) in [5, 5.41) is 22.8. The molecule has 0 aromatic carbocycles. The van der Waals surface area contributed by atoms with Gasteiger partial charge in [0.15, 0.2) is 0 Å². The van der Waals surface area contributed by atoms with Gasteiger partial charge in [-0.15, -0.1) is 0 Å². The highest BCUT2D eigenvalue weighted by atomic mass is 16.5. The summed E-state index contributed by atoms with van der Waals surface area (Å²) >= 11 is 0. The molecule has 19 heavy (non-hydrogen) atoms. The quantitative estimate of drug-likeness (QED) is 0.664. The maximum Gasteiger partial charge on any atom is 0.327 e. The minimum Gasteiger partial charge on any atom is -0.478 e. The van der Waals surface area contributed by atoms with Gasteiger partial charge in [0.05, 0.1) is 0 Å². The smallest absolute Gasteiger partial charge is 0.327 e. The second-order valence-electron chi connectivity index (χ2n) is 2.20. The van der Waals surface area contributed by atoms with Crippen molar-refractivity contribution in [2.75, 3.05) is 13.7 Å². The summed E-state index contributed by atoms with van der Waals surface area (Å²) in [5.74, 6) is -2.94. The molecule has 0 amide bonds. The fourth-order valence-corrected chi connectivity index (χ4v) is 0. The molecule has 0 saturated heterocycles. The number of carbonyl (C=O) groups is 3. The van der Waals surface area contributed by atoms with Crippen LogP contribution in [0.4, 0.5) is 0 Å². The second-order valence-corrected chi connectivity index (χ2v) is 2.20. The van der Waals surface area contributed by atoms with E-state index in [-0.39, 0.29) is 0 Å². The normalized spacial score (nSPS) is 6.63. The summed E-state index contributed by atoms with van der Waals surface area (Å²) < 4.78 is 4.54. The molecule has 0 aliphatic rings. The number of methoxy groups -OCH3 is 1. The number of aliphatic carboxylic acids is 3. The van der Waals surface area contributed by atoms with Gasteiger partial charge >= 0.3 is 17.9 Å². The van der Waals surface area contributed by atoms with E-state index in [1.165, 1.54) is 0 Å². The second kappa shape index (κ2) is 24.7. The molecule has 0 radical (unpaired) electrons. The fraction of sp³-hybridized carbons (Fsp3) is 0.250. The topological polar surface area (TPSA) is 121 Å². The maximum absolute atomic E-state index is 9.25. The van der Waals surface area contributed by atoms with Crippen molar-refractivity contribution in [2.24, 2.45) is 0 Å². The van der Waals surface area contributed by atoms with E-state index < -0.39 is 17.9 Å². The SMILES string of the molecule is C=CC(=O)O.C=CC(=O)O.C=CC(=O)O.CCOC. The van der Waals surface area contributed by atoms with E-state index in [2.05, 4.69) is 24.5 Å². The number of carboxylic acid groups (broad SMARTS) is 3. The highest BCUT2D eigenvalue weighted by Gasteiger charge is 1.74. The standard InChI is InChI=1S/3C3H4O2.C3H8O/c3*1-2-3(4)5;1-3-4-2/h3*2H,1H2,(H,4,5);3H2,1-2H3. The number of hydrogen-bond donors (Lipinski definition) is 3. The van der Waals surface area contributed by atoms with Crippen LogP contribution in [0.2, 0.25) is 0 Å². The number of ether oxygens (including phenoxy) is 1. The Bertz CT molecular complexity index is 237. The molecule has 0 unspecified atom stereocenters. The van der Waals surface area contributed by atoms with Gasteiger partial charge in [-0.2, -0.15) is 0 Å². The zero-order valence-corrected chi connectivity index (χ0v) is 11.0. The molecule has 7 heteroatoms. The predicted molar refractivity (Wildman–Crippen MR) is 71.0 cm³/mol. The van der Waals surface area contributed by atoms with Crippen LogP contribution in [0.3, 0.4) is 0 Å². The summed E-state index contributed by atoms with van der Waals surface area (Å²) in [6, 6.07) is 0. The predicted octanol–water partition coefficient (Wildman–Crippen LogP) is 1.42. The molecule has 0 atom stereocenters. The van der Waals surface area contributed by atoms with Crippen LogP contribution in [0.5, 0.6) is 0 Å². The Morgan fingerprint density at radius 1 is 0.895 bits per heavy atom. The first-order valence-corrected chi connectivity index (χ1v) is 4.78. The van der Waals surface area contributed by atoms with Gasteiger partial charge in [-0.1, -0.05) is 19.7 Å². The van der Waals surface area contributed by atoms with Crippen LogP contribution in [0.1, 0.15) is 6.92 Å². The van der Waals surface area contributed by atoms with Gasteiger partial charge in [-0.25, -0.2) is 14.4 Å². The van der Waals surface area contributed by atoms with Gasteiger partial charge < -0.3 is 20.1 Å². The van der Waals surface area contributed by atoms with E-state index in [1.807, 2.05) is 6.92 Å². The van der Waals surface area contributed by atoms with Crippen LogP contribution < -0.4 is 0 Å². The molecule has 7 nitrogen and oxygen atoms in total. The Balaban J connectivity index is -0.0000000793. The number of rotatable bonds is 4. The lowest BCUT2D eigenvalue weighted by Crippen LogP contribution is -1.82. The summed E-state index contributed by atoms with van der Waals surface area (Å²) in [5.41, 5.74) is 0. The highest BCUT2D eigenvalue weighted by Crippen LogP contribution is 1.55. The first-order valence-electron chi connectivity index (χ1n) is 4.78. The molecular weight excluding hydrogens is 256 g/mol. The molecule has 3 N–H and O–H groups in total. The fourth-order valence-electron chi connectivity index (χ4n) is 0. The number of carboxylic acids is 3. The first-order chi connectivity index (χ1) is 8.72. The van der Waals surface area contributed by atoms with Crippen molar-refractivity contribution in [1.29, 1.82) is 0 Å². The van der Waals surface area contributed by atoms with E-state index in [0.717, 1.165) is 24.8 Å². The Labute approximate surface area is 112 Å². The first kappa shape index (κ1) is 25.4. The molecule has 0 aromatic rings. The Morgan fingerprint density at radius 2 is 1.00 bits per heavy atom. The Morgan fingerprint density at radius 3 is 1.00 bits per heavy atom. The van der Waals surface area contributed by atoms with Crippen molar-refractivity contribution in [3.05, 3.63) is 38.0 Å². The monoisotopic (exact) mass is 276 g/mol. The summed E-state index contributed by atoms with van der Waals surface area (Å²) in [6.45, 7) is 11.7. The van der Waals surface area contributed by atoms with Gasteiger partial charge in [0.1, 0.15) is 0 Å². The lowest BCUT2D eigenvalue weighted by molar-refractivity contribution is -0.132. The third-order valence-electron chi connectivity index (χ3n) is 0.813. The molecule has 0 aliphatic carbocycles. The van der Waals surface area contributed by atoms with Crippen LogP contribution in [0.15, 0.2) is 38.0 Å². The summed E-state index contributed by atoms with van der Waals surface area (Å²) in [6.07, 6.45) is 2.50. The van der Waals surface area contributed by atoms with Crippen LogP contribution in [-0.4, -0.2) is 46.9 Å². The average molecular weight is 276 g/mol. The van der Waals surface area contributed by atoms with Crippen molar-refractivity contribution < 1.29 is 34.4 Å². The molecule has 0 saturated carbocycles. The molecule has 0 fully saturated rings. The van der Waals surface area contributed by atoms with E-state index in [1.54, 1.807) is 7.11 Å².